The summed E-state index contributed by atoms with van der Waals surface area (Å²) in [6, 6.07) is 4.17. The van der Waals surface area contributed by atoms with Crippen molar-refractivity contribution in [3.8, 4) is 10.8 Å². The molecule has 0 aliphatic carbocycles. The highest BCUT2D eigenvalue weighted by Gasteiger charge is 2.40. The van der Waals surface area contributed by atoms with E-state index in [0.29, 0.717) is 39.5 Å². The van der Waals surface area contributed by atoms with Crippen LogP contribution >= 0.6 is 11.3 Å². The van der Waals surface area contributed by atoms with Gasteiger partial charge in [0.25, 0.3) is 5.56 Å². The molecule has 47 heavy (non-hydrogen) atoms. The van der Waals surface area contributed by atoms with Crippen molar-refractivity contribution < 1.29 is 28.1 Å². The van der Waals surface area contributed by atoms with Gasteiger partial charge in [0.2, 0.25) is 0 Å². The molecule has 0 saturated carbocycles. The molecule has 4 aromatic rings. The Bertz CT molecular complexity index is 1910. The van der Waals surface area contributed by atoms with Crippen LogP contribution in [0, 0.1) is 12.7 Å². The van der Waals surface area contributed by atoms with Gasteiger partial charge in [0.1, 0.15) is 38.6 Å². The molecule has 4 atom stereocenters. The van der Waals surface area contributed by atoms with E-state index in [0.717, 1.165) is 17.4 Å². The van der Waals surface area contributed by atoms with Crippen molar-refractivity contribution in [3.63, 3.8) is 0 Å². The number of hydrogen-bond donors (Lipinski definition) is 0. The van der Waals surface area contributed by atoms with Crippen LogP contribution in [0.15, 0.2) is 40.2 Å². The van der Waals surface area contributed by atoms with Crippen molar-refractivity contribution >= 4 is 27.5 Å². The van der Waals surface area contributed by atoms with Crippen LogP contribution in [0.5, 0.6) is 5.75 Å². The zero-order chi connectivity index (χ0) is 33.8. The molecule has 6 rings (SSSR count). The monoisotopic (exact) mass is 669 g/mol. The molecule has 5 heterocycles. The van der Waals surface area contributed by atoms with Crippen molar-refractivity contribution in [2.45, 2.75) is 109 Å². The van der Waals surface area contributed by atoms with Gasteiger partial charge in [0, 0.05) is 11.1 Å². The summed E-state index contributed by atoms with van der Waals surface area (Å²) in [6.45, 7) is 9.76. The molecule has 2 fully saturated rings. The smallest absolute Gasteiger partial charge is 0.333 e. The molecule has 0 amide bonds. The van der Waals surface area contributed by atoms with Crippen molar-refractivity contribution in [3.05, 3.63) is 68.4 Å². The molecule has 2 bridgehead atoms. The summed E-state index contributed by atoms with van der Waals surface area (Å²) < 4.78 is 41.3. The molecular formula is C33H40FN5O7S. The minimum Gasteiger partial charge on any atom is -0.496 e. The molecule has 0 N–H and O–H groups in total. The first kappa shape index (κ1) is 33.0. The summed E-state index contributed by atoms with van der Waals surface area (Å²) >= 11 is 1.17. The Hall–Kier alpha value is -3.88. The van der Waals surface area contributed by atoms with E-state index in [1.807, 2.05) is 0 Å². The number of nitrogens with zero attached hydrogens (tertiary/aromatic N) is 5. The van der Waals surface area contributed by atoms with E-state index in [-0.39, 0.29) is 30.2 Å². The summed E-state index contributed by atoms with van der Waals surface area (Å²) in [5, 5.41) is 9.27. The summed E-state index contributed by atoms with van der Waals surface area (Å²) in [5.41, 5.74) is -2.99. The fourth-order valence-electron chi connectivity index (χ4n) is 6.48. The van der Waals surface area contributed by atoms with Gasteiger partial charge in [-0.25, -0.2) is 18.5 Å². The van der Waals surface area contributed by atoms with Crippen molar-refractivity contribution in [2.75, 3.05) is 7.11 Å². The van der Waals surface area contributed by atoms with Crippen molar-refractivity contribution in [1.29, 1.82) is 0 Å². The van der Waals surface area contributed by atoms with Crippen LogP contribution in [0.4, 0.5) is 4.39 Å². The topological polar surface area (TPSA) is 129 Å². The SMILES string of the molecule is COc1ccc(F)cc1[C@H](Cn1c(=O)n(C(C)(C)C(=O)OC(C)(C)C)c(=O)c2c(C)c(-n3nccn3)sc21)O[C@@H]1C[C@H]2CC[C@@H](C1)O2. The summed E-state index contributed by atoms with van der Waals surface area (Å²) in [7, 11) is 1.49. The largest absolute Gasteiger partial charge is 0.496 e. The van der Waals surface area contributed by atoms with Gasteiger partial charge >= 0.3 is 11.7 Å². The maximum atomic E-state index is 14.8. The molecule has 12 nitrogen and oxygen atoms in total. The second-order valence-corrected chi connectivity index (χ2v) is 14.7. The van der Waals surface area contributed by atoms with Gasteiger partial charge in [-0.1, -0.05) is 11.3 Å². The molecule has 2 saturated heterocycles. The molecule has 0 spiro atoms. The van der Waals surface area contributed by atoms with E-state index in [1.54, 1.807) is 27.7 Å². The number of carbonyl (C=O) groups is 1. The van der Waals surface area contributed by atoms with Crippen LogP contribution in [-0.2, 0) is 31.1 Å². The van der Waals surface area contributed by atoms with E-state index < -0.39 is 40.3 Å². The van der Waals surface area contributed by atoms with E-state index in [4.69, 9.17) is 18.9 Å². The number of methoxy groups -OCH3 is 1. The number of carbonyl (C=O) groups excluding carboxylic acids is 1. The zero-order valence-electron chi connectivity index (χ0n) is 27.6. The van der Waals surface area contributed by atoms with Crippen LogP contribution in [0.3, 0.4) is 0 Å². The lowest BCUT2D eigenvalue weighted by Crippen LogP contribution is -2.54. The van der Waals surface area contributed by atoms with Crippen LogP contribution in [-0.4, -0.2) is 61.1 Å². The third kappa shape index (κ3) is 6.25. The standard InChI is InChI=1S/C33H40FN5O7S/c1-18-26-27(40)38(33(5,6)30(41)46-32(2,3)4)31(42)37(29(26)47-28(18)39-35-12-13-36-39)17-25(23-14-19(34)8-11-24(23)43-7)45-22-15-20-9-10-21(16-22)44-20/h8,11-14,20-22,25H,9-10,15-17H2,1-7H3/t20-,21+,22-,25-/m0/s1. The Morgan fingerprint density at radius 2 is 1.77 bits per heavy atom. The number of fused-ring (bicyclic) bond motifs is 3. The van der Waals surface area contributed by atoms with Crippen LogP contribution < -0.4 is 16.0 Å². The highest BCUT2D eigenvalue weighted by atomic mass is 32.1. The zero-order valence-corrected chi connectivity index (χ0v) is 28.4. The maximum absolute atomic E-state index is 14.8. The maximum Gasteiger partial charge on any atom is 0.333 e. The fraction of sp³-hybridized carbons (Fsp3) is 0.545. The second kappa shape index (κ2) is 12.3. The number of esters is 1. The quantitative estimate of drug-likeness (QED) is 0.231. The number of hydrogen-bond acceptors (Lipinski definition) is 10. The average molecular weight is 670 g/mol. The Morgan fingerprint density at radius 1 is 1.11 bits per heavy atom. The van der Waals surface area contributed by atoms with Gasteiger partial charge in [-0.2, -0.15) is 10.2 Å². The van der Waals surface area contributed by atoms with Gasteiger partial charge in [0.05, 0.1) is 49.7 Å². The molecule has 1 aromatic carbocycles. The number of ether oxygens (including phenoxy) is 4. The van der Waals surface area contributed by atoms with Gasteiger partial charge in [-0.3, -0.25) is 9.36 Å². The second-order valence-electron chi connectivity index (χ2n) is 13.7. The van der Waals surface area contributed by atoms with E-state index in [9.17, 15) is 18.8 Å². The minimum atomic E-state index is -1.69. The summed E-state index contributed by atoms with van der Waals surface area (Å²) in [4.78, 5) is 44.2. The van der Waals surface area contributed by atoms with Gasteiger partial charge < -0.3 is 18.9 Å². The lowest BCUT2D eigenvalue weighted by molar-refractivity contribution is -0.164. The van der Waals surface area contributed by atoms with Crippen LogP contribution in [0.25, 0.3) is 15.2 Å². The average Bonchev–Trinajstić information content (AvgIpc) is 3.72. The first-order valence-corrected chi connectivity index (χ1v) is 16.5. The number of benzene rings is 1. The molecule has 14 heteroatoms. The Kier molecular flexibility index (Phi) is 8.64. The Morgan fingerprint density at radius 3 is 2.38 bits per heavy atom. The van der Waals surface area contributed by atoms with Crippen molar-refractivity contribution in [2.24, 2.45) is 0 Å². The predicted molar refractivity (Wildman–Crippen MR) is 173 cm³/mol. The number of aromatic nitrogens is 5. The number of aryl methyl sites for hydroxylation is 1. The lowest BCUT2D eigenvalue weighted by atomic mass is 10.0. The number of rotatable bonds is 9. The molecule has 3 aromatic heterocycles. The predicted octanol–water partition coefficient (Wildman–Crippen LogP) is 4.81. The third-order valence-electron chi connectivity index (χ3n) is 8.74. The Balaban J connectivity index is 1.56. The van der Waals surface area contributed by atoms with Crippen LogP contribution in [0.1, 0.15) is 77.5 Å². The summed E-state index contributed by atoms with van der Waals surface area (Å²) in [6.07, 6.45) is 5.30. The van der Waals surface area contributed by atoms with Gasteiger partial charge in [0.15, 0.2) is 0 Å². The number of thiophene rings is 1. The molecule has 2 aliphatic heterocycles. The third-order valence-corrected chi connectivity index (χ3v) is 10.0. The van der Waals surface area contributed by atoms with E-state index in [1.165, 1.54) is 72.3 Å². The first-order chi connectivity index (χ1) is 22.2. The van der Waals surface area contributed by atoms with Gasteiger partial charge in [-0.05, 0) is 85.4 Å². The highest BCUT2D eigenvalue weighted by molar-refractivity contribution is 7.21. The van der Waals surface area contributed by atoms with Crippen molar-refractivity contribution in [1.82, 2.24) is 24.1 Å². The van der Waals surface area contributed by atoms with E-state index >= 15 is 0 Å². The molecule has 252 valence electrons. The van der Waals surface area contributed by atoms with E-state index in [2.05, 4.69) is 10.2 Å². The lowest BCUT2D eigenvalue weighted by Gasteiger charge is -2.33. The normalized spacial score (nSPS) is 20.5. The fourth-order valence-corrected chi connectivity index (χ4v) is 7.70. The molecule has 0 unspecified atom stereocenters. The van der Waals surface area contributed by atoms with Gasteiger partial charge in [-0.15, -0.1) is 4.80 Å². The van der Waals surface area contributed by atoms with Crippen LogP contribution in [0.2, 0.25) is 0 Å². The molecule has 0 radical (unpaired) electrons. The first-order valence-electron chi connectivity index (χ1n) is 15.7. The Labute approximate surface area is 275 Å². The number of halogens is 1. The highest BCUT2D eigenvalue weighted by Crippen LogP contribution is 2.39. The summed E-state index contributed by atoms with van der Waals surface area (Å²) in [5.74, 6) is -0.842. The minimum absolute atomic E-state index is 0.0730. The molecule has 2 aliphatic rings. The molecular weight excluding hydrogens is 629 g/mol.